The number of aliphatic hydroxyl groups is 4. The van der Waals surface area contributed by atoms with Gasteiger partial charge in [-0.25, -0.2) is 0 Å². The predicted octanol–water partition coefficient (Wildman–Crippen LogP) is 2.00. The van der Waals surface area contributed by atoms with E-state index in [0.29, 0.717) is 12.8 Å². The first kappa shape index (κ1) is 17.8. The molecule has 0 aromatic carbocycles. The number of unbranched alkanes of at least 4 members (excludes halogenated alkanes) is 2. The fourth-order valence-electron chi connectivity index (χ4n) is 2.94. The lowest BCUT2D eigenvalue weighted by Crippen LogP contribution is -2.61. The molecule has 4 N–H and O–H groups in total. The normalized spacial score (nSPS) is 18.5. The maximum Gasteiger partial charge on any atom is 0.284 e. The van der Waals surface area contributed by atoms with Crippen molar-refractivity contribution in [2.24, 2.45) is 10.8 Å². The second-order valence-electron chi connectivity index (χ2n) is 6.24. The molecule has 2 atom stereocenters. The molecule has 0 aliphatic rings. The molecule has 0 amide bonds. The van der Waals surface area contributed by atoms with E-state index in [1.54, 1.807) is 6.92 Å². The van der Waals surface area contributed by atoms with Crippen LogP contribution in [0, 0.1) is 10.8 Å². The highest BCUT2D eigenvalue weighted by atomic mass is 16.7. The van der Waals surface area contributed by atoms with E-state index in [1.165, 1.54) is 0 Å². The summed E-state index contributed by atoms with van der Waals surface area (Å²) in [5, 5.41) is 39.7. The van der Waals surface area contributed by atoms with Gasteiger partial charge in [-0.3, -0.25) is 0 Å². The second-order valence-corrected chi connectivity index (χ2v) is 6.24. The fraction of sp³-hybridized carbons (Fsp3) is 1.00. The van der Waals surface area contributed by atoms with Gasteiger partial charge in [0.05, 0.1) is 11.5 Å². The molecule has 0 aromatic rings. The van der Waals surface area contributed by atoms with E-state index in [4.69, 9.17) is 0 Å². The van der Waals surface area contributed by atoms with Crippen molar-refractivity contribution >= 4 is 0 Å². The van der Waals surface area contributed by atoms with Crippen LogP contribution in [0.25, 0.3) is 0 Å². The summed E-state index contributed by atoms with van der Waals surface area (Å²) in [6.07, 6.45) is 2.46. The Morgan fingerprint density at radius 3 is 1.72 bits per heavy atom. The summed E-state index contributed by atoms with van der Waals surface area (Å²) in [4.78, 5) is 0. The Hall–Kier alpha value is -0.160. The number of hydrogen-bond donors (Lipinski definition) is 4. The summed E-state index contributed by atoms with van der Waals surface area (Å²) < 4.78 is 0. The third kappa shape index (κ3) is 3.44. The molecule has 4 heteroatoms. The lowest BCUT2D eigenvalue weighted by atomic mass is 9.58. The highest BCUT2D eigenvalue weighted by Gasteiger charge is 2.59. The van der Waals surface area contributed by atoms with E-state index in [9.17, 15) is 20.4 Å². The molecule has 0 radical (unpaired) electrons. The van der Waals surface area contributed by atoms with Crippen LogP contribution >= 0.6 is 0 Å². The minimum atomic E-state index is -2.88. The first-order valence-electron chi connectivity index (χ1n) is 6.89. The van der Waals surface area contributed by atoms with Crippen molar-refractivity contribution in [1.29, 1.82) is 0 Å². The molecule has 0 saturated heterocycles. The van der Waals surface area contributed by atoms with Crippen LogP contribution in [0.3, 0.4) is 0 Å². The standard InChI is InChI=1S/C14H30O4/c1-6-8-9-10-13(11(15)7-2,12(3,4)5)14(16,17)18/h11,15-18H,6-10H2,1-5H3. The number of hydrogen-bond acceptors (Lipinski definition) is 4. The third-order valence-electron chi connectivity index (χ3n) is 4.07. The van der Waals surface area contributed by atoms with Gasteiger partial charge >= 0.3 is 0 Å². The van der Waals surface area contributed by atoms with Crippen LogP contribution in [0.1, 0.15) is 66.7 Å². The van der Waals surface area contributed by atoms with Crippen LogP contribution in [-0.2, 0) is 0 Å². The van der Waals surface area contributed by atoms with Gasteiger partial charge in [-0.05, 0) is 18.3 Å². The van der Waals surface area contributed by atoms with Gasteiger partial charge in [0, 0.05) is 0 Å². The van der Waals surface area contributed by atoms with Crippen molar-refractivity contribution in [2.75, 3.05) is 0 Å². The average molecular weight is 262 g/mol. The fourth-order valence-corrected chi connectivity index (χ4v) is 2.94. The lowest BCUT2D eigenvalue weighted by Gasteiger charge is -2.52. The van der Waals surface area contributed by atoms with E-state index in [2.05, 4.69) is 6.92 Å². The highest BCUT2D eigenvalue weighted by Crippen LogP contribution is 2.52. The van der Waals surface area contributed by atoms with E-state index in [1.807, 2.05) is 20.8 Å². The van der Waals surface area contributed by atoms with E-state index in [0.717, 1.165) is 19.3 Å². The molecule has 0 fully saturated rings. The Labute approximate surface area is 111 Å². The first-order chi connectivity index (χ1) is 8.04. The molecule has 0 aliphatic carbocycles. The van der Waals surface area contributed by atoms with Crippen LogP contribution in [0.5, 0.6) is 0 Å². The van der Waals surface area contributed by atoms with Gasteiger partial charge in [-0.15, -0.1) is 0 Å². The molecule has 0 saturated carbocycles. The Balaban J connectivity index is 5.44. The molecule has 0 aliphatic heterocycles. The monoisotopic (exact) mass is 262 g/mol. The zero-order valence-corrected chi connectivity index (χ0v) is 12.4. The Kier molecular flexibility index (Phi) is 6.27. The van der Waals surface area contributed by atoms with Crippen LogP contribution in [-0.4, -0.2) is 32.5 Å². The highest BCUT2D eigenvalue weighted by molar-refractivity contribution is 4.99. The van der Waals surface area contributed by atoms with Crippen molar-refractivity contribution < 1.29 is 20.4 Å². The lowest BCUT2D eigenvalue weighted by molar-refractivity contribution is -0.412. The SMILES string of the molecule is CCCCCC(C(O)CC)(C(C)(C)C)C(O)(O)O. The Morgan fingerprint density at radius 1 is 0.944 bits per heavy atom. The van der Waals surface area contributed by atoms with Crippen LogP contribution < -0.4 is 0 Å². The molecule has 2 unspecified atom stereocenters. The Bertz CT molecular complexity index is 223. The third-order valence-corrected chi connectivity index (χ3v) is 4.07. The van der Waals surface area contributed by atoms with E-state index >= 15 is 0 Å². The summed E-state index contributed by atoms with van der Waals surface area (Å²) in [5.41, 5.74) is -1.97. The van der Waals surface area contributed by atoms with Gasteiger partial charge in [-0.1, -0.05) is 53.9 Å². The smallest absolute Gasteiger partial charge is 0.284 e. The topological polar surface area (TPSA) is 80.9 Å². The molecule has 110 valence electrons. The predicted molar refractivity (Wildman–Crippen MR) is 71.7 cm³/mol. The van der Waals surface area contributed by atoms with Crippen molar-refractivity contribution in [3.8, 4) is 0 Å². The zero-order valence-electron chi connectivity index (χ0n) is 12.4. The zero-order chi connectivity index (χ0) is 14.6. The average Bonchev–Trinajstić information content (AvgIpc) is 2.19. The molecule has 0 spiro atoms. The van der Waals surface area contributed by atoms with Gasteiger partial charge in [0.15, 0.2) is 0 Å². The summed E-state index contributed by atoms with van der Waals surface area (Å²) in [5.74, 6) is -2.88. The largest absolute Gasteiger partial charge is 0.392 e. The molecular formula is C14H30O4. The molecule has 0 rings (SSSR count). The quantitative estimate of drug-likeness (QED) is 0.418. The molecule has 0 heterocycles. The van der Waals surface area contributed by atoms with Crippen molar-refractivity contribution in [1.82, 2.24) is 0 Å². The molecule has 4 nitrogen and oxygen atoms in total. The molecule has 0 aromatic heterocycles. The van der Waals surface area contributed by atoms with Crippen LogP contribution in [0.15, 0.2) is 0 Å². The Morgan fingerprint density at radius 2 is 1.44 bits per heavy atom. The van der Waals surface area contributed by atoms with Crippen molar-refractivity contribution in [2.45, 2.75) is 78.8 Å². The van der Waals surface area contributed by atoms with Gasteiger partial charge < -0.3 is 20.4 Å². The minimum Gasteiger partial charge on any atom is -0.392 e. The van der Waals surface area contributed by atoms with Crippen LogP contribution in [0.2, 0.25) is 0 Å². The number of aliphatic hydroxyl groups excluding tert-OH is 1. The first-order valence-corrected chi connectivity index (χ1v) is 6.89. The van der Waals surface area contributed by atoms with E-state index < -0.39 is 22.9 Å². The minimum absolute atomic E-state index is 0.368. The maximum atomic E-state index is 10.3. The van der Waals surface area contributed by atoms with Crippen LogP contribution in [0.4, 0.5) is 0 Å². The molecule has 18 heavy (non-hydrogen) atoms. The van der Waals surface area contributed by atoms with Gasteiger partial charge in [0.2, 0.25) is 0 Å². The summed E-state index contributed by atoms with van der Waals surface area (Å²) >= 11 is 0. The summed E-state index contributed by atoms with van der Waals surface area (Å²) in [6, 6.07) is 0. The van der Waals surface area contributed by atoms with E-state index in [-0.39, 0.29) is 0 Å². The second kappa shape index (κ2) is 6.33. The van der Waals surface area contributed by atoms with Crippen molar-refractivity contribution in [3.05, 3.63) is 0 Å². The summed E-state index contributed by atoms with van der Waals surface area (Å²) in [7, 11) is 0. The van der Waals surface area contributed by atoms with Crippen molar-refractivity contribution in [3.63, 3.8) is 0 Å². The molecular weight excluding hydrogens is 232 g/mol. The molecule has 0 bridgehead atoms. The van der Waals surface area contributed by atoms with Gasteiger partial charge in [-0.2, -0.15) is 0 Å². The number of rotatable bonds is 7. The maximum absolute atomic E-state index is 10.3. The summed E-state index contributed by atoms with van der Waals surface area (Å²) in [6.45, 7) is 9.27. The van der Waals surface area contributed by atoms with Gasteiger partial charge in [0.1, 0.15) is 0 Å². The van der Waals surface area contributed by atoms with Gasteiger partial charge in [0.25, 0.3) is 5.97 Å².